The Kier molecular flexibility index (Phi) is 5.63. The SMILES string of the molecule is O=c1[nH]c2cc3c(cc2cc1[C@@H](c1nnnn1C[C@H]1CCCO1)N1CCc2ccccc2C1)OCCO3. The van der Waals surface area contributed by atoms with Crippen molar-refractivity contribution < 1.29 is 14.2 Å². The second-order valence-corrected chi connectivity index (χ2v) is 9.88. The van der Waals surface area contributed by atoms with Crippen LogP contribution in [0.15, 0.2) is 47.3 Å². The lowest BCUT2D eigenvalue weighted by Crippen LogP contribution is -2.39. The number of hydrogen-bond donors (Lipinski definition) is 1. The summed E-state index contributed by atoms with van der Waals surface area (Å²) in [6, 6.07) is 13.8. The molecular formula is C27H28N6O4. The molecule has 0 spiro atoms. The average Bonchev–Trinajstić information content (AvgIpc) is 3.61. The van der Waals surface area contributed by atoms with Crippen molar-refractivity contribution in [2.45, 2.75) is 44.5 Å². The number of hydrogen-bond acceptors (Lipinski definition) is 8. The van der Waals surface area contributed by atoms with Gasteiger partial charge >= 0.3 is 0 Å². The van der Waals surface area contributed by atoms with Crippen LogP contribution in [-0.2, 0) is 24.2 Å². The first kappa shape index (κ1) is 22.4. The third-order valence-electron chi connectivity index (χ3n) is 7.56. The van der Waals surface area contributed by atoms with Crippen LogP contribution in [0.5, 0.6) is 11.5 Å². The quantitative estimate of drug-likeness (QED) is 0.446. The Balaban J connectivity index is 1.34. The molecular weight excluding hydrogens is 472 g/mol. The molecule has 0 amide bonds. The normalized spacial score (nSPS) is 20.2. The Morgan fingerprint density at radius 1 is 1.05 bits per heavy atom. The van der Waals surface area contributed by atoms with Gasteiger partial charge in [-0.3, -0.25) is 9.69 Å². The zero-order chi connectivity index (χ0) is 24.8. The van der Waals surface area contributed by atoms with Crippen LogP contribution in [0.2, 0.25) is 0 Å². The van der Waals surface area contributed by atoms with Crippen LogP contribution in [-0.4, -0.2) is 62.6 Å². The smallest absolute Gasteiger partial charge is 0.253 e. The molecule has 7 rings (SSSR count). The summed E-state index contributed by atoms with van der Waals surface area (Å²) in [6.07, 6.45) is 2.98. The number of aromatic nitrogens is 5. The van der Waals surface area contributed by atoms with Crippen molar-refractivity contribution in [1.29, 1.82) is 0 Å². The van der Waals surface area contributed by atoms with E-state index < -0.39 is 6.04 Å². The molecule has 37 heavy (non-hydrogen) atoms. The molecule has 2 aromatic carbocycles. The highest BCUT2D eigenvalue weighted by atomic mass is 16.6. The number of benzene rings is 2. The summed E-state index contributed by atoms with van der Waals surface area (Å²) in [5.41, 5.74) is 3.74. The second-order valence-electron chi connectivity index (χ2n) is 9.88. The number of ether oxygens (including phenoxy) is 3. The highest BCUT2D eigenvalue weighted by molar-refractivity contribution is 5.83. The first-order chi connectivity index (χ1) is 18.2. The lowest BCUT2D eigenvalue weighted by atomic mass is 9.96. The van der Waals surface area contributed by atoms with Crippen molar-refractivity contribution >= 4 is 10.9 Å². The van der Waals surface area contributed by atoms with Gasteiger partial charge in [-0.15, -0.1) is 5.10 Å². The Labute approximate surface area is 213 Å². The predicted molar refractivity (Wildman–Crippen MR) is 135 cm³/mol. The summed E-state index contributed by atoms with van der Waals surface area (Å²) in [4.78, 5) is 19.0. The number of pyridine rings is 1. The lowest BCUT2D eigenvalue weighted by molar-refractivity contribution is 0.0904. The van der Waals surface area contributed by atoms with E-state index in [0.29, 0.717) is 54.7 Å². The van der Waals surface area contributed by atoms with Crippen molar-refractivity contribution in [2.75, 3.05) is 26.4 Å². The molecule has 0 radical (unpaired) electrons. The summed E-state index contributed by atoms with van der Waals surface area (Å²) in [7, 11) is 0. The van der Waals surface area contributed by atoms with Crippen LogP contribution < -0.4 is 15.0 Å². The molecule has 4 aromatic rings. The van der Waals surface area contributed by atoms with E-state index in [1.807, 2.05) is 22.9 Å². The Bertz CT molecular complexity index is 1510. The summed E-state index contributed by atoms with van der Waals surface area (Å²) in [6.45, 7) is 3.80. The first-order valence-electron chi connectivity index (χ1n) is 12.9. The van der Waals surface area contributed by atoms with E-state index in [-0.39, 0.29) is 11.7 Å². The largest absolute Gasteiger partial charge is 0.486 e. The number of H-pyrrole nitrogens is 1. The van der Waals surface area contributed by atoms with Crippen LogP contribution in [0.3, 0.4) is 0 Å². The van der Waals surface area contributed by atoms with E-state index in [0.717, 1.165) is 37.8 Å². The van der Waals surface area contributed by atoms with Crippen molar-refractivity contribution in [3.8, 4) is 11.5 Å². The lowest BCUT2D eigenvalue weighted by Gasteiger charge is -2.35. The summed E-state index contributed by atoms with van der Waals surface area (Å²) < 4.78 is 19.2. The van der Waals surface area contributed by atoms with Crippen molar-refractivity contribution in [3.63, 3.8) is 0 Å². The fraction of sp³-hybridized carbons (Fsp3) is 0.407. The Hall–Kier alpha value is -3.76. The molecule has 190 valence electrons. The summed E-state index contributed by atoms with van der Waals surface area (Å²) in [5.74, 6) is 1.98. The van der Waals surface area contributed by atoms with Gasteiger partial charge in [0.25, 0.3) is 5.56 Å². The predicted octanol–water partition coefficient (Wildman–Crippen LogP) is 2.61. The van der Waals surface area contributed by atoms with E-state index in [1.54, 1.807) is 0 Å². The molecule has 10 heteroatoms. The second kappa shape index (κ2) is 9.28. The highest BCUT2D eigenvalue weighted by Gasteiger charge is 2.33. The molecule has 10 nitrogen and oxygen atoms in total. The maximum absolute atomic E-state index is 13.6. The van der Waals surface area contributed by atoms with Crippen LogP contribution >= 0.6 is 0 Å². The third kappa shape index (κ3) is 4.15. The number of nitrogens with zero attached hydrogens (tertiary/aromatic N) is 5. The molecule has 5 heterocycles. The van der Waals surface area contributed by atoms with E-state index in [9.17, 15) is 4.79 Å². The number of fused-ring (bicyclic) bond motifs is 3. The minimum absolute atomic E-state index is 0.0727. The summed E-state index contributed by atoms with van der Waals surface area (Å²) >= 11 is 0. The zero-order valence-electron chi connectivity index (χ0n) is 20.4. The monoisotopic (exact) mass is 500 g/mol. The van der Waals surface area contributed by atoms with Crippen molar-refractivity contribution in [3.05, 3.63) is 75.3 Å². The van der Waals surface area contributed by atoms with Crippen LogP contribution in [0.1, 0.15) is 41.4 Å². The molecule has 3 aliphatic heterocycles. The third-order valence-corrected chi connectivity index (χ3v) is 7.56. The highest BCUT2D eigenvalue weighted by Crippen LogP contribution is 2.36. The van der Waals surface area contributed by atoms with E-state index >= 15 is 0 Å². The molecule has 0 saturated carbocycles. The van der Waals surface area contributed by atoms with Gasteiger partial charge in [-0.25, -0.2) is 4.68 Å². The van der Waals surface area contributed by atoms with E-state index in [1.165, 1.54) is 11.1 Å². The number of tetrazole rings is 1. The van der Waals surface area contributed by atoms with Gasteiger partial charge in [0, 0.05) is 36.7 Å². The van der Waals surface area contributed by atoms with Gasteiger partial charge < -0.3 is 19.2 Å². The van der Waals surface area contributed by atoms with Crippen molar-refractivity contribution in [1.82, 2.24) is 30.1 Å². The minimum atomic E-state index is -0.425. The Morgan fingerprint density at radius 2 is 1.89 bits per heavy atom. The van der Waals surface area contributed by atoms with Crippen LogP contribution in [0, 0.1) is 0 Å². The molecule has 2 atom stereocenters. The molecule has 1 fully saturated rings. The molecule has 3 aliphatic rings. The van der Waals surface area contributed by atoms with Gasteiger partial charge in [0.2, 0.25) is 0 Å². The zero-order valence-corrected chi connectivity index (χ0v) is 20.4. The molecule has 1 saturated heterocycles. The van der Waals surface area contributed by atoms with Gasteiger partial charge in [0.1, 0.15) is 19.3 Å². The maximum Gasteiger partial charge on any atom is 0.253 e. The first-order valence-corrected chi connectivity index (χ1v) is 12.9. The average molecular weight is 501 g/mol. The molecule has 2 aromatic heterocycles. The van der Waals surface area contributed by atoms with Gasteiger partial charge in [0.05, 0.1) is 18.2 Å². The van der Waals surface area contributed by atoms with Gasteiger partial charge in [-0.05, 0) is 52.9 Å². The van der Waals surface area contributed by atoms with Crippen LogP contribution in [0.4, 0.5) is 0 Å². The topological polar surface area (TPSA) is 107 Å². The maximum atomic E-state index is 13.6. The fourth-order valence-electron chi connectivity index (χ4n) is 5.72. The number of rotatable bonds is 5. The molecule has 0 aliphatic carbocycles. The standard InChI is InChI=1S/C27H28N6O4/c34-27-21(12-19-13-23-24(14-22(19)28-27)37-11-10-36-23)25(32-8-7-17-4-1-2-5-18(17)15-32)26-29-30-31-33(26)16-20-6-3-9-35-20/h1-2,4-5,12-14,20,25H,3,6-11,15-16H2,(H,28,34)/t20-,25+/m1/s1. The summed E-state index contributed by atoms with van der Waals surface area (Å²) in [5, 5.41) is 13.7. The van der Waals surface area contributed by atoms with Gasteiger partial charge in [-0.1, -0.05) is 24.3 Å². The van der Waals surface area contributed by atoms with E-state index in [2.05, 4.69) is 49.7 Å². The molecule has 0 bridgehead atoms. The van der Waals surface area contributed by atoms with Gasteiger partial charge in [-0.2, -0.15) is 0 Å². The molecule has 0 unspecified atom stereocenters. The number of nitrogens with one attached hydrogen (secondary N) is 1. The number of aromatic amines is 1. The van der Waals surface area contributed by atoms with Crippen LogP contribution in [0.25, 0.3) is 10.9 Å². The van der Waals surface area contributed by atoms with Crippen molar-refractivity contribution in [2.24, 2.45) is 0 Å². The van der Waals surface area contributed by atoms with Gasteiger partial charge in [0.15, 0.2) is 17.3 Å². The fourth-order valence-corrected chi connectivity index (χ4v) is 5.72. The minimum Gasteiger partial charge on any atom is -0.486 e. The van der Waals surface area contributed by atoms with E-state index in [4.69, 9.17) is 14.2 Å². The molecule has 1 N–H and O–H groups in total. The Morgan fingerprint density at radius 3 is 2.73 bits per heavy atom.